The van der Waals surface area contributed by atoms with E-state index in [0.717, 1.165) is 29.3 Å². The summed E-state index contributed by atoms with van der Waals surface area (Å²) in [4.78, 5) is 15.2. The zero-order chi connectivity index (χ0) is 13.4. The van der Waals surface area contributed by atoms with Gasteiger partial charge in [-0.2, -0.15) is 0 Å². The summed E-state index contributed by atoms with van der Waals surface area (Å²) in [6.45, 7) is 4.26. The molecule has 0 bridgehead atoms. The Bertz CT molecular complexity index is 762. The molecule has 0 aliphatic heterocycles. The highest BCUT2D eigenvalue weighted by atomic mass is 16.1. The Balaban J connectivity index is 2.29. The lowest BCUT2D eigenvalue weighted by Gasteiger charge is -2.06. The molecule has 1 aliphatic rings. The molecule has 1 aliphatic carbocycles. The average Bonchev–Trinajstić information content (AvgIpc) is 2.73. The van der Waals surface area contributed by atoms with Gasteiger partial charge in [-0.05, 0) is 42.4 Å². The van der Waals surface area contributed by atoms with E-state index < -0.39 is 0 Å². The van der Waals surface area contributed by atoms with E-state index in [0.29, 0.717) is 0 Å². The Labute approximate surface area is 112 Å². The van der Waals surface area contributed by atoms with Crippen LogP contribution in [0.15, 0.2) is 46.8 Å². The van der Waals surface area contributed by atoms with Crippen molar-refractivity contribution in [3.63, 3.8) is 0 Å². The molecule has 19 heavy (non-hydrogen) atoms. The number of H-pyrrole nitrogens is 1. The van der Waals surface area contributed by atoms with Crippen LogP contribution < -0.4 is 5.56 Å². The molecule has 1 aromatic carbocycles. The van der Waals surface area contributed by atoms with Crippen LogP contribution in [-0.4, -0.2) is 4.98 Å². The van der Waals surface area contributed by atoms with Crippen LogP contribution in [0.25, 0.3) is 16.3 Å². The number of allylic oxidation sites excluding steroid dienone is 4. The molecular weight excluding hydrogens is 234 g/mol. The summed E-state index contributed by atoms with van der Waals surface area (Å²) in [5.41, 5.74) is 4.77. The Morgan fingerprint density at radius 2 is 2.00 bits per heavy atom. The maximum Gasteiger partial charge on any atom is 0.256 e. The molecule has 0 saturated heterocycles. The number of benzene rings is 1. The molecule has 1 heterocycles. The smallest absolute Gasteiger partial charge is 0.256 e. The van der Waals surface area contributed by atoms with Gasteiger partial charge in [0.1, 0.15) is 0 Å². The lowest BCUT2D eigenvalue weighted by Crippen LogP contribution is -2.10. The molecule has 96 valence electrons. The Morgan fingerprint density at radius 3 is 2.74 bits per heavy atom. The van der Waals surface area contributed by atoms with Crippen LogP contribution in [0.3, 0.4) is 0 Å². The lowest BCUT2D eigenvalue weighted by atomic mass is 10.0. The van der Waals surface area contributed by atoms with E-state index >= 15 is 0 Å². The Morgan fingerprint density at radius 1 is 1.26 bits per heavy atom. The maximum atomic E-state index is 12.2. The third kappa shape index (κ3) is 1.84. The molecule has 0 unspecified atom stereocenters. The molecule has 0 spiro atoms. The highest BCUT2D eigenvalue weighted by Crippen LogP contribution is 2.35. The molecular formula is C17H17NO. The summed E-state index contributed by atoms with van der Waals surface area (Å²) in [7, 11) is 0. The second-order valence-corrected chi connectivity index (χ2v) is 5.03. The van der Waals surface area contributed by atoms with E-state index in [2.05, 4.69) is 31.0 Å². The molecule has 2 aromatic rings. The second-order valence-electron chi connectivity index (χ2n) is 5.03. The van der Waals surface area contributed by atoms with Crippen LogP contribution >= 0.6 is 0 Å². The first-order valence-corrected chi connectivity index (χ1v) is 6.73. The van der Waals surface area contributed by atoms with Crippen molar-refractivity contribution < 1.29 is 0 Å². The minimum Gasteiger partial charge on any atom is -0.321 e. The van der Waals surface area contributed by atoms with Gasteiger partial charge in [-0.25, -0.2) is 0 Å². The first-order chi connectivity index (χ1) is 9.22. The van der Waals surface area contributed by atoms with Gasteiger partial charge in [0.2, 0.25) is 0 Å². The minimum atomic E-state index is 0.00597. The van der Waals surface area contributed by atoms with Gasteiger partial charge in [-0.1, -0.05) is 42.8 Å². The van der Waals surface area contributed by atoms with Crippen LogP contribution in [0.2, 0.25) is 0 Å². The van der Waals surface area contributed by atoms with Crippen molar-refractivity contribution in [2.24, 2.45) is 0 Å². The molecule has 2 heteroatoms. The monoisotopic (exact) mass is 251 g/mol. The quantitative estimate of drug-likeness (QED) is 0.864. The van der Waals surface area contributed by atoms with Gasteiger partial charge in [0, 0.05) is 5.39 Å². The van der Waals surface area contributed by atoms with Gasteiger partial charge in [0.25, 0.3) is 5.56 Å². The summed E-state index contributed by atoms with van der Waals surface area (Å²) >= 11 is 0. The van der Waals surface area contributed by atoms with Crippen LogP contribution in [-0.2, 0) is 6.42 Å². The van der Waals surface area contributed by atoms with Gasteiger partial charge in [-0.15, -0.1) is 0 Å². The molecule has 0 amide bonds. The third-order valence-electron chi connectivity index (χ3n) is 3.73. The number of rotatable bonds is 2. The fraction of sp³-hybridized carbons (Fsp3) is 0.235. The van der Waals surface area contributed by atoms with Crippen molar-refractivity contribution in [3.8, 4) is 0 Å². The van der Waals surface area contributed by atoms with Crippen LogP contribution in [0.1, 0.15) is 31.5 Å². The standard InChI is InChI=1S/C17H17NO/c1-3-4-7-12-11(2)10-15-13-8-5-6-9-14(13)17(19)18-16(12)15/h4-9H,3,10H2,1-2H3,(H,18,19)/b7-4-. The van der Waals surface area contributed by atoms with Gasteiger partial charge in [0.05, 0.1) is 5.69 Å². The zero-order valence-corrected chi connectivity index (χ0v) is 11.3. The van der Waals surface area contributed by atoms with E-state index in [1.165, 1.54) is 16.7 Å². The fourth-order valence-electron chi connectivity index (χ4n) is 2.78. The van der Waals surface area contributed by atoms with Gasteiger partial charge < -0.3 is 4.98 Å². The van der Waals surface area contributed by atoms with Crippen molar-refractivity contribution in [1.29, 1.82) is 0 Å². The van der Waals surface area contributed by atoms with E-state index in [1.807, 2.05) is 24.3 Å². The highest BCUT2D eigenvalue weighted by molar-refractivity contribution is 5.93. The van der Waals surface area contributed by atoms with Crippen molar-refractivity contribution >= 4 is 16.3 Å². The minimum absolute atomic E-state index is 0.00597. The number of fused-ring (bicyclic) bond motifs is 3. The van der Waals surface area contributed by atoms with E-state index in [4.69, 9.17) is 0 Å². The number of nitrogens with one attached hydrogen (secondary N) is 1. The molecule has 0 saturated carbocycles. The number of pyridine rings is 1. The molecule has 0 atom stereocenters. The SMILES string of the molecule is CC/C=C\C1=C(C)Cc2c1[nH]c(=O)c1ccccc21. The van der Waals surface area contributed by atoms with Crippen molar-refractivity contribution in [3.05, 3.63) is 63.6 Å². The normalized spacial score (nSPS) is 14.6. The summed E-state index contributed by atoms with van der Waals surface area (Å²) < 4.78 is 0. The Kier molecular flexibility index (Phi) is 2.86. The van der Waals surface area contributed by atoms with E-state index in [1.54, 1.807) is 0 Å². The first-order valence-electron chi connectivity index (χ1n) is 6.73. The van der Waals surface area contributed by atoms with Crippen molar-refractivity contribution in [2.75, 3.05) is 0 Å². The van der Waals surface area contributed by atoms with E-state index in [9.17, 15) is 4.79 Å². The van der Waals surface area contributed by atoms with Crippen LogP contribution in [0, 0.1) is 0 Å². The summed E-state index contributed by atoms with van der Waals surface area (Å²) in [6.07, 6.45) is 6.20. The van der Waals surface area contributed by atoms with Gasteiger partial charge in [-0.3, -0.25) is 4.79 Å². The molecule has 3 rings (SSSR count). The summed E-state index contributed by atoms with van der Waals surface area (Å²) in [5.74, 6) is 0. The average molecular weight is 251 g/mol. The second kappa shape index (κ2) is 4.54. The highest BCUT2D eigenvalue weighted by Gasteiger charge is 2.21. The predicted molar refractivity (Wildman–Crippen MR) is 80.3 cm³/mol. The third-order valence-corrected chi connectivity index (χ3v) is 3.73. The number of aromatic nitrogens is 1. The largest absolute Gasteiger partial charge is 0.321 e. The van der Waals surface area contributed by atoms with Crippen LogP contribution in [0.4, 0.5) is 0 Å². The number of hydrogen-bond donors (Lipinski definition) is 1. The topological polar surface area (TPSA) is 32.9 Å². The first kappa shape index (κ1) is 12.0. The van der Waals surface area contributed by atoms with Crippen molar-refractivity contribution in [1.82, 2.24) is 4.98 Å². The lowest BCUT2D eigenvalue weighted by molar-refractivity contribution is 1.16. The predicted octanol–water partition coefficient (Wildman–Crippen LogP) is 3.82. The Hall–Kier alpha value is -2.09. The van der Waals surface area contributed by atoms with E-state index in [-0.39, 0.29) is 5.56 Å². The zero-order valence-electron chi connectivity index (χ0n) is 11.3. The van der Waals surface area contributed by atoms with Gasteiger partial charge >= 0.3 is 0 Å². The van der Waals surface area contributed by atoms with Crippen LogP contribution in [0.5, 0.6) is 0 Å². The molecule has 0 radical (unpaired) electrons. The fourth-order valence-corrected chi connectivity index (χ4v) is 2.78. The van der Waals surface area contributed by atoms with Crippen molar-refractivity contribution in [2.45, 2.75) is 26.7 Å². The maximum absolute atomic E-state index is 12.2. The van der Waals surface area contributed by atoms with Gasteiger partial charge in [0.15, 0.2) is 0 Å². The number of hydrogen-bond acceptors (Lipinski definition) is 1. The number of aromatic amines is 1. The molecule has 0 fully saturated rings. The molecule has 2 nitrogen and oxygen atoms in total. The molecule has 1 N–H and O–H groups in total. The summed E-state index contributed by atoms with van der Waals surface area (Å²) in [5, 5.41) is 1.87. The summed E-state index contributed by atoms with van der Waals surface area (Å²) in [6, 6.07) is 7.85. The molecule has 1 aromatic heterocycles.